The van der Waals surface area contributed by atoms with Crippen LogP contribution in [-0.2, 0) is 6.42 Å². The van der Waals surface area contributed by atoms with Crippen molar-refractivity contribution in [1.29, 1.82) is 0 Å². The van der Waals surface area contributed by atoms with Gasteiger partial charge in [-0.15, -0.1) is 0 Å². The third-order valence-corrected chi connectivity index (χ3v) is 4.89. The summed E-state index contributed by atoms with van der Waals surface area (Å²) in [6, 6.07) is 17.9. The number of hydrogen-bond acceptors (Lipinski definition) is 7. The number of ether oxygens (including phenoxy) is 4. The lowest BCUT2D eigenvalue weighted by Gasteiger charge is -2.06. The van der Waals surface area contributed by atoms with Crippen LogP contribution in [0.25, 0.3) is 11.0 Å². The average Bonchev–Trinajstić information content (AvgIpc) is 3.40. The van der Waals surface area contributed by atoms with Crippen LogP contribution in [0, 0.1) is 0 Å². The van der Waals surface area contributed by atoms with Crippen molar-refractivity contribution >= 4 is 16.9 Å². The standard InChI is InChI=1S/C23H17NO6/c1-26-19-5-3-2-4-14(19)10-18-17-8-7-16(12-21(17)30-24-18)29-23(25)15-6-9-20-22(11-15)28-13-27-20/h2-9,11-12H,10,13H2,1H3. The van der Waals surface area contributed by atoms with Crippen molar-refractivity contribution in [1.82, 2.24) is 5.16 Å². The first kappa shape index (κ1) is 18.1. The quantitative estimate of drug-likeness (QED) is 0.361. The molecule has 0 atom stereocenters. The highest BCUT2D eigenvalue weighted by atomic mass is 16.7. The number of nitrogens with zero attached hydrogens (tertiary/aromatic N) is 1. The number of esters is 1. The van der Waals surface area contributed by atoms with Gasteiger partial charge in [-0.25, -0.2) is 4.79 Å². The SMILES string of the molecule is COc1ccccc1Cc1noc2cc(OC(=O)c3ccc4c(c3)OCO4)ccc12. The summed E-state index contributed by atoms with van der Waals surface area (Å²) in [7, 11) is 1.64. The van der Waals surface area contributed by atoms with E-state index >= 15 is 0 Å². The van der Waals surface area contributed by atoms with Crippen molar-refractivity contribution < 1.29 is 28.3 Å². The summed E-state index contributed by atoms with van der Waals surface area (Å²) in [5.41, 5.74) is 2.70. The Balaban J connectivity index is 1.36. The minimum Gasteiger partial charge on any atom is -0.496 e. The van der Waals surface area contributed by atoms with E-state index in [9.17, 15) is 4.79 Å². The average molecular weight is 403 g/mol. The van der Waals surface area contributed by atoms with E-state index in [2.05, 4.69) is 5.16 Å². The van der Waals surface area contributed by atoms with Crippen molar-refractivity contribution in [2.75, 3.05) is 13.9 Å². The highest BCUT2D eigenvalue weighted by Crippen LogP contribution is 2.33. The molecule has 0 radical (unpaired) electrons. The van der Waals surface area contributed by atoms with Crippen LogP contribution < -0.4 is 18.9 Å². The summed E-state index contributed by atoms with van der Waals surface area (Å²) in [6.45, 7) is 0.146. The second-order valence-corrected chi connectivity index (χ2v) is 6.73. The third-order valence-electron chi connectivity index (χ3n) is 4.89. The van der Waals surface area contributed by atoms with E-state index in [-0.39, 0.29) is 6.79 Å². The van der Waals surface area contributed by atoms with Gasteiger partial charge in [0.15, 0.2) is 17.1 Å². The van der Waals surface area contributed by atoms with E-state index < -0.39 is 5.97 Å². The van der Waals surface area contributed by atoms with Crippen molar-refractivity contribution in [3.63, 3.8) is 0 Å². The van der Waals surface area contributed by atoms with E-state index in [1.54, 1.807) is 37.4 Å². The highest BCUT2D eigenvalue weighted by Gasteiger charge is 2.18. The number of para-hydroxylation sites is 1. The Labute approximate surface area is 171 Å². The van der Waals surface area contributed by atoms with E-state index in [4.69, 9.17) is 23.5 Å². The smallest absolute Gasteiger partial charge is 0.343 e. The summed E-state index contributed by atoms with van der Waals surface area (Å²) >= 11 is 0. The largest absolute Gasteiger partial charge is 0.496 e. The molecule has 2 heterocycles. The number of fused-ring (bicyclic) bond motifs is 2. The molecule has 5 rings (SSSR count). The number of methoxy groups -OCH3 is 1. The fourth-order valence-electron chi connectivity index (χ4n) is 3.38. The van der Waals surface area contributed by atoms with Gasteiger partial charge in [-0.05, 0) is 36.4 Å². The Morgan fingerprint density at radius 1 is 1.03 bits per heavy atom. The zero-order chi connectivity index (χ0) is 20.5. The molecule has 7 heteroatoms. The molecule has 0 spiro atoms. The van der Waals surface area contributed by atoms with Gasteiger partial charge in [0.2, 0.25) is 6.79 Å². The van der Waals surface area contributed by atoms with Crippen molar-refractivity contribution in [2.24, 2.45) is 0 Å². The van der Waals surface area contributed by atoms with Gasteiger partial charge in [0.1, 0.15) is 11.5 Å². The van der Waals surface area contributed by atoms with Crippen LogP contribution in [0.2, 0.25) is 0 Å². The highest BCUT2D eigenvalue weighted by molar-refractivity contribution is 5.92. The summed E-state index contributed by atoms with van der Waals surface area (Å²) in [5.74, 6) is 1.79. The minimum atomic E-state index is -0.499. The van der Waals surface area contributed by atoms with Crippen LogP contribution in [-0.4, -0.2) is 25.0 Å². The normalized spacial score (nSPS) is 12.2. The molecule has 7 nitrogen and oxygen atoms in total. The molecule has 0 saturated carbocycles. The van der Waals surface area contributed by atoms with Crippen LogP contribution in [0.15, 0.2) is 65.2 Å². The van der Waals surface area contributed by atoms with Gasteiger partial charge in [-0.2, -0.15) is 0 Å². The van der Waals surface area contributed by atoms with Gasteiger partial charge >= 0.3 is 5.97 Å². The number of benzene rings is 3. The predicted molar refractivity (Wildman–Crippen MR) is 107 cm³/mol. The van der Waals surface area contributed by atoms with E-state index in [1.165, 1.54) is 0 Å². The zero-order valence-electron chi connectivity index (χ0n) is 16.1. The van der Waals surface area contributed by atoms with Gasteiger partial charge in [-0.1, -0.05) is 23.4 Å². The topological polar surface area (TPSA) is 80.0 Å². The molecule has 0 aliphatic carbocycles. The number of hydrogen-bond donors (Lipinski definition) is 0. The van der Waals surface area contributed by atoms with Gasteiger partial charge in [0.25, 0.3) is 0 Å². The first-order valence-electron chi connectivity index (χ1n) is 9.33. The lowest BCUT2D eigenvalue weighted by molar-refractivity contribution is 0.0734. The Morgan fingerprint density at radius 2 is 1.90 bits per heavy atom. The molecule has 1 aromatic heterocycles. The molecule has 3 aromatic carbocycles. The summed E-state index contributed by atoms with van der Waals surface area (Å²) < 4.78 is 26.9. The molecule has 1 aliphatic heterocycles. The summed E-state index contributed by atoms with van der Waals surface area (Å²) in [4.78, 5) is 12.5. The maximum absolute atomic E-state index is 12.5. The predicted octanol–water partition coefficient (Wildman–Crippen LogP) is 4.38. The molecule has 0 fully saturated rings. The molecule has 150 valence electrons. The molecular formula is C23H17NO6. The molecular weight excluding hydrogens is 386 g/mol. The Bertz CT molecular complexity index is 1250. The molecule has 0 unspecified atom stereocenters. The summed E-state index contributed by atoms with van der Waals surface area (Å²) in [5, 5.41) is 5.03. The van der Waals surface area contributed by atoms with Gasteiger partial charge in [0.05, 0.1) is 18.4 Å². The van der Waals surface area contributed by atoms with Crippen LogP contribution >= 0.6 is 0 Å². The van der Waals surface area contributed by atoms with Crippen LogP contribution in [0.5, 0.6) is 23.0 Å². The Morgan fingerprint density at radius 3 is 2.80 bits per heavy atom. The van der Waals surface area contributed by atoms with Crippen LogP contribution in [0.3, 0.4) is 0 Å². The number of carbonyl (C=O) groups excluding carboxylic acids is 1. The first-order chi connectivity index (χ1) is 14.7. The van der Waals surface area contributed by atoms with Crippen molar-refractivity contribution in [3.8, 4) is 23.0 Å². The maximum Gasteiger partial charge on any atom is 0.343 e. The molecule has 0 N–H and O–H groups in total. The molecule has 0 bridgehead atoms. The molecule has 30 heavy (non-hydrogen) atoms. The maximum atomic E-state index is 12.5. The number of carbonyl (C=O) groups is 1. The minimum absolute atomic E-state index is 0.146. The van der Waals surface area contributed by atoms with E-state index in [0.29, 0.717) is 34.8 Å². The molecule has 4 aromatic rings. The zero-order valence-corrected chi connectivity index (χ0v) is 16.1. The third kappa shape index (κ3) is 3.30. The van der Waals surface area contributed by atoms with Gasteiger partial charge in [0, 0.05) is 23.4 Å². The van der Waals surface area contributed by atoms with Crippen LogP contribution in [0.4, 0.5) is 0 Å². The second-order valence-electron chi connectivity index (χ2n) is 6.73. The Kier molecular flexibility index (Phi) is 4.48. The fraction of sp³-hybridized carbons (Fsp3) is 0.130. The fourth-order valence-corrected chi connectivity index (χ4v) is 3.38. The molecule has 1 aliphatic rings. The van der Waals surface area contributed by atoms with Crippen molar-refractivity contribution in [2.45, 2.75) is 6.42 Å². The van der Waals surface area contributed by atoms with Gasteiger partial charge in [-0.3, -0.25) is 0 Å². The van der Waals surface area contributed by atoms with E-state index in [0.717, 1.165) is 22.4 Å². The summed E-state index contributed by atoms with van der Waals surface area (Å²) in [6.07, 6.45) is 0.563. The lowest BCUT2D eigenvalue weighted by Crippen LogP contribution is -2.08. The second kappa shape index (κ2) is 7.44. The molecule has 0 amide bonds. The van der Waals surface area contributed by atoms with Gasteiger partial charge < -0.3 is 23.5 Å². The molecule has 0 saturated heterocycles. The Hall–Kier alpha value is -4.00. The number of aromatic nitrogens is 1. The first-order valence-corrected chi connectivity index (χ1v) is 9.33. The van der Waals surface area contributed by atoms with E-state index in [1.807, 2.05) is 30.3 Å². The van der Waals surface area contributed by atoms with Crippen LogP contribution in [0.1, 0.15) is 21.6 Å². The lowest BCUT2D eigenvalue weighted by atomic mass is 10.1. The number of rotatable bonds is 5. The monoisotopic (exact) mass is 403 g/mol. The van der Waals surface area contributed by atoms with Crippen molar-refractivity contribution in [3.05, 3.63) is 77.5 Å².